The lowest BCUT2D eigenvalue weighted by molar-refractivity contribution is -0.131. The maximum atomic E-state index is 11.9. The molecular formula is C18H19ClN2O3. The van der Waals surface area contributed by atoms with Crippen molar-refractivity contribution in [1.82, 2.24) is 5.32 Å². The minimum Gasteiger partial charge on any atom is -0.367 e. The highest BCUT2D eigenvalue weighted by atomic mass is 35.5. The number of benzene rings is 2. The van der Waals surface area contributed by atoms with Crippen molar-refractivity contribution in [3.8, 4) is 5.75 Å². The van der Waals surface area contributed by atoms with Gasteiger partial charge in [-0.3, -0.25) is 4.79 Å². The number of hydrogen-bond acceptors (Lipinski definition) is 4. The van der Waals surface area contributed by atoms with Gasteiger partial charge in [-0.05, 0) is 30.7 Å². The van der Waals surface area contributed by atoms with E-state index in [1.165, 1.54) is 7.11 Å². The number of halogens is 1. The van der Waals surface area contributed by atoms with E-state index in [2.05, 4.69) is 10.5 Å². The Morgan fingerprint density at radius 1 is 1.17 bits per heavy atom. The van der Waals surface area contributed by atoms with E-state index >= 15 is 0 Å². The number of carbonyl (C=O) groups is 1. The van der Waals surface area contributed by atoms with Crippen molar-refractivity contribution in [1.29, 1.82) is 0 Å². The molecule has 2 aromatic carbocycles. The van der Waals surface area contributed by atoms with Gasteiger partial charge >= 0.3 is 0 Å². The van der Waals surface area contributed by atoms with Gasteiger partial charge in [0.05, 0.1) is 5.71 Å². The number of oxime groups is 1. The Morgan fingerprint density at radius 2 is 1.83 bits per heavy atom. The average Bonchev–Trinajstić information content (AvgIpc) is 2.61. The first-order valence-corrected chi connectivity index (χ1v) is 7.75. The second kappa shape index (κ2) is 8.47. The topological polar surface area (TPSA) is 59.9 Å². The Bertz CT molecular complexity index is 729. The summed E-state index contributed by atoms with van der Waals surface area (Å²) in [5.41, 5.74) is 2.19. The van der Waals surface area contributed by atoms with Crippen LogP contribution < -0.4 is 10.2 Å². The lowest BCUT2D eigenvalue weighted by Crippen LogP contribution is -2.27. The molecule has 0 aliphatic rings. The third-order valence-corrected chi connectivity index (χ3v) is 3.72. The third-order valence-electron chi connectivity index (χ3n) is 3.46. The zero-order chi connectivity index (χ0) is 17.5. The fraction of sp³-hybridized carbons (Fsp3) is 0.222. The molecule has 0 saturated carbocycles. The molecule has 0 spiro atoms. The van der Waals surface area contributed by atoms with Gasteiger partial charge in [0.1, 0.15) is 0 Å². The van der Waals surface area contributed by atoms with E-state index in [1.807, 2.05) is 31.2 Å². The Kier molecular flexibility index (Phi) is 6.35. The first kappa shape index (κ1) is 18.0. The van der Waals surface area contributed by atoms with Crippen molar-refractivity contribution in [2.24, 2.45) is 5.16 Å². The molecule has 0 fully saturated rings. The highest BCUT2D eigenvalue weighted by Crippen LogP contribution is 2.27. The van der Waals surface area contributed by atoms with Gasteiger partial charge in [0, 0.05) is 24.7 Å². The van der Waals surface area contributed by atoms with Crippen LogP contribution in [0.3, 0.4) is 0 Å². The van der Waals surface area contributed by atoms with Crippen LogP contribution in [0.5, 0.6) is 5.75 Å². The van der Waals surface area contributed by atoms with Crippen LogP contribution in [0.2, 0.25) is 5.02 Å². The summed E-state index contributed by atoms with van der Waals surface area (Å²) in [6.07, 6.45) is -0.766. The highest BCUT2D eigenvalue weighted by molar-refractivity contribution is 6.30. The van der Waals surface area contributed by atoms with Gasteiger partial charge in [-0.25, -0.2) is 0 Å². The minimum absolute atomic E-state index is 0.257. The summed E-state index contributed by atoms with van der Waals surface area (Å²) >= 11 is 5.88. The van der Waals surface area contributed by atoms with Crippen LogP contribution in [-0.2, 0) is 9.53 Å². The maximum Gasteiger partial charge on any atom is 0.253 e. The van der Waals surface area contributed by atoms with Gasteiger partial charge in [-0.15, -0.1) is 0 Å². The van der Waals surface area contributed by atoms with Crippen LogP contribution in [0.15, 0.2) is 53.7 Å². The number of carbonyl (C=O) groups excluding carboxylic acids is 1. The Labute approximate surface area is 146 Å². The number of para-hydroxylation sites is 1. The van der Waals surface area contributed by atoms with E-state index in [0.29, 0.717) is 22.0 Å². The van der Waals surface area contributed by atoms with Gasteiger partial charge < -0.3 is 14.9 Å². The van der Waals surface area contributed by atoms with Crippen molar-refractivity contribution in [3.05, 3.63) is 64.7 Å². The Balaban J connectivity index is 2.25. The molecule has 2 rings (SSSR count). The van der Waals surface area contributed by atoms with E-state index in [0.717, 1.165) is 5.56 Å². The molecule has 0 saturated heterocycles. The molecule has 0 radical (unpaired) electrons. The summed E-state index contributed by atoms with van der Waals surface area (Å²) in [6.45, 7) is 1.83. The van der Waals surface area contributed by atoms with Gasteiger partial charge in [0.25, 0.3) is 5.91 Å². The quantitative estimate of drug-likeness (QED) is 0.642. The van der Waals surface area contributed by atoms with Gasteiger partial charge in [0.15, 0.2) is 11.9 Å². The molecule has 1 amide bonds. The normalized spacial score (nSPS) is 12.6. The van der Waals surface area contributed by atoms with Crippen molar-refractivity contribution in [2.75, 3.05) is 14.2 Å². The lowest BCUT2D eigenvalue weighted by Gasteiger charge is -2.16. The largest absolute Gasteiger partial charge is 0.367 e. The summed E-state index contributed by atoms with van der Waals surface area (Å²) in [5, 5.41) is 7.37. The maximum absolute atomic E-state index is 11.9. The van der Waals surface area contributed by atoms with Gasteiger partial charge in [-0.1, -0.05) is 47.1 Å². The number of nitrogens with zero attached hydrogens (tertiary/aromatic N) is 1. The monoisotopic (exact) mass is 346 g/mol. The third kappa shape index (κ3) is 4.34. The Morgan fingerprint density at radius 3 is 2.46 bits per heavy atom. The smallest absolute Gasteiger partial charge is 0.253 e. The van der Waals surface area contributed by atoms with E-state index in [1.54, 1.807) is 31.3 Å². The molecule has 1 atom stereocenters. The number of ether oxygens (including phenoxy) is 1. The molecule has 0 bridgehead atoms. The SMILES string of the molecule is CNC(=O)C(OC)c1ccccc1ON=C(C)c1ccc(Cl)cc1. The fourth-order valence-corrected chi connectivity index (χ4v) is 2.27. The van der Waals surface area contributed by atoms with Crippen LogP contribution >= 0.6 is 11.6 Å². The molecule has 0 aliphatic carbocycles. The molecule has 0 heterocycles. The summed E-state index contributed by atoms with van der Waals surface area (Å²) in [4.78, 5) is 17.5. The second-order valence-corrected chi connectivity index (χ2v) is 5.48. The summed E-state index contributed by atoms with van der Waals surface area (Å²) in [5.74, 6) is 0.202. The van der Waals surface area contributed by atoms with E-state index in [4.69, 9.17) is 21.2 Å². The summed E-state index contributed by atoms with van der Waals surface area (Å²) in [7, 11) is 3.03. The molecule has 6 heteroatoms. The van der Waals surface area contributed by atoms with E-state index in [-0.39, 0.29) is 5.91 Å². The number of rotatable bonds is 6. The number of methoxy groups -OCH3 is 1. The fourth-order valence-electron chi connectivity index (χ4n) is 2.15. The van der Waals surface area contributed by atoms with Crippen LogP contribution in [0, 0.1) is 0 Å². The molecule has 2 aromatic rings. The lowest BCUT2D eigenvalue weighted by atomic mass is 10.1. The zero-order valence-corrected chi connectivity index (χ0v) is 14.5. The predicted molar refractivity (Wildman–Crippen MR) is 94.5 cm³/mol. The molecule has 0 aliphatic heterocycles. The van der Waals surface area contributed by atoms with Crippen molar-refractivity contribution >= 4 is 23.2 Å². The molecule has 1 unspecified atom stereocenters. The Hall–Kier alpha value is -2.37. The molecule has 1 N–H and O–H groups in total. The van der Waals surface area contributed by atoms with Crippen molar-refractivity contribution < 1.29 is 14.4 Å². The minimum atomic E-state index is -0.766. The number of hydrogen-bond donors (Lipinski definition) is 1. The van der Waals surface area contributed by atoms with Crippen LogP contribution in [-0.4, -0.2) is 25.8 Å². The summed E-state index contributed by atoms with van der Waals surface area (Å²) < 4.78 is 5.28. The van der Waals surface area contributed by atoms with Gasteiger partial charge in [0.2, 0.25) is 0 Å². The van der Waals surface area contributed by atoms with E-state index in [9.17, 15) is 4.79 Å². The van der Waals surface area contributed by atoms with Crippen molar-refractivity contribution in [2.45, 2.75) is 13.0 Å². The highest BCUT2D eigenvalue weighted by Gasteiger charge is 2.22. The van der Waals surface area contributed by atoms with Crippen LogP contribution in [0.25, 0.3) is 0 Å². The molecular weight excluding hydrogens is 328 g/mol. The van der Waals surface area contributed by atoms with Gasteiger partial charge in [-0.2, -0.15) is 0 Å². The number of nitrogens with one attached hydrogen (secondary N) is 1. The molecule has 0 aromatic heterocycles. The zero-order valence-electron chi connectivity index (χ0n) is 13.7. The summed E-state index contributed by atoms with van der Waals surface area (Å²) in [6, 6.07) is 14.4. The molecule has 5 nitrogen and oxygen atoms in total. The van der Waals surface area contributed by atoms with E-state index < -0.39 is 6.10 Å². The first-order valence-electron chi connectivity index (χ1n) is 7.37. The average molecular weight is 347 g/mol. The van der Waals surface area contributed by atoms with Crippen LogP contribution in [0.4, 0.5) is 0 Å². The first-order chi connectivity index (χ1) is 11.6. The number of likely N-dealkylation sites (N-methyl/N-ethyl adjacent to an activating group) is 1. The number of amides is 1. The van der Waals surface area contributed by atoms with Crippen LogP contribution in [0.1, 0.15) is 24.2 Å². The van der Waals surface area contributed by atoms with Crippen molar-refractivity contribution in [3.63, 3.8) is 0 Å². The molecule has 126 valence electrons. The second-order valence-electron chi connectivity index (χ2n) is 5.04. The predicted octanol–water partition coefficient (Wildman–Crippen LogP) is 3.58. The standard InChI is InChI=1S/C18H19ClN2O3/c1-12(13-8-10-14(19)11-9-13)21-24-16-7-5-4-6-15(16)17(23-3)18(22)20-2/h4-11,17H,1-3H3,(H,20,22). The molecule has 24 heavy (non-hydrogen) atoms.